The molecule has 2 aliphatic rings. The number of carbonyl (C=O) groups excluding carboxylic acids is 2. The number of Topliss-reactive ketones (excluding diaryl/α,β-unsaturated/α-hetero) is 1. The first-order valence-corrected chi connectivity index (χ1v) is 27.8. The van der Waals surface area contributed by atoms with Gasteiger partial charge in [0, 0.05) is 159 Å². The normalized spacial score (nSPS) is 13.6. The van der Waals surface area contributed by atoms with Crippen molar-refractivity contribution < 1.29 is 98.4 Å². The second-order valence-electron chi connectivity index (χ2n) is 18.5. The van der Waals surface area contributed by atoms with Crippen LogP contribution in [0.3, 0.4) is 0 Å². The third-order valence-electron chi connectivity index (χ3n) is 13.0. The summed E-state index contributed by atoms with van der Waals surface area (Å²) in [7, 11) is 6.21. The summed E-state index contributed by atoms with van der Waals surface area (Å²) >= 11 is 3.65. The summed E-state index contributed by atoms with van der Waals surface area (Å²) in [6, 6.07) is 38.8. The van der Waals surface area contributed by atoms with Crippen molar-refractivity contribution in [2.75, 3.05) is 83.7 Å². The predicted molar refractivity (Wildman–Crippen MR) is 302 cm³/mol. The number of anilines is 2. The number of nitrogens with one attached hydrogen (secondary N) is 2. The first-order chi connectivity index (χ1) is 35.8. The summed E-state index contributed by atoms with van der Waals surface area (Å²) in [4.78, 5) is 30.5. The molecule has 6 aromatic rings. The zero-order valence-electron chi connectivity index (χ0n) is 44.6. The first-order valence-electron chi connectivity index (χ1n) is 26.2. The van der Waals surface area contributed by atoms with Gasteiger partial charge in [0.2, 0.25) is 16.9 Å². The van der Waals surface area contributed by atoms with Gasteiger partial charge >= 0.3 is 0 Å². The van der Waals surface area contributed by atoms with Crippen molar-refractivity contribution in [3.05, 3.63) is 143 Å². The smallest absolute Gasteiger partial charge is 0.219 e. The van der Waals surface area contributed by atoms with E-state index < -0.39 is 0 Å². The number of hydrogen-bond acceptors (Lipinski definition) is 10. The standard InChI is InChI=1S/C35H48N4O4S.C25H27N2OS.2Y/c1-36-18-10-22-41-24-26-43-27-25-42-23-11-19-37-34(40)16-4-3-9-20-39-21-17-29(30-12-5-6-13-31(30)39)28-35-38(2)32-14-7-8-15-33(32)44-35;1-19(28)10-4-3-9-16-27-17-15-20(21-11-5-6-12-22(21)27)18-25-26(2)23-13-7-8-14-24(23)29-25;;/h5-8,12-15,17,21,28,36H,3-4,9-11,16,18-20,22-27H2,1-2H3;5-8,11-15,17-18H,3-4,9-10,16H2,1-2H3;;/q;+1;;/p+1. The molecular weight excluding hydrogens is 1130 g/mol. The van der Waals surface area contributed by atoms with Gasteiger partial charge in [0.25, 0.3) is 0 Å². The van der Waals surface area contributed by atoms with Gasteiger partial charge in [-0.1, -0.05) is 72.1 Å². The Bertz CT molecular complexity index is 2800. The molecular formula is C60H76N6O5S2Y2+2. The first kappa shape index (κ1) is 62.5. The third-order valence-corrected chi connectivity index (χ3v) is 15.3. The van der Waals surface area contributed by atoms with E-state index in [2.05, 4.69) is 177 Å². The number of nitrogens with zero attached hydrogens (tertiary/aromatic N) is 4. The number of fused-ring (bicyclic) bond motifs is 4. The maximum Gasteiger partial charge on any atom is 0.219 e. The van der Waals surface area contributed by atoms with E-state index in [4.69, 9.17) is 14.2 Å². The van der Waals surface area contributed by atoms with Crippen LogP contribution in [0.25, 0.3) is 34.0 Å². The van der Waals surface area contributed by atoms with Crippen LogP contribution in [0.5, 0.6) is 0 Å². The van der Waals surface area contributed by atoms with Gasteiger partial charge in [-0.15, -0.1) is 0 Å². The maximum absolute atomic E-state index is 12.2. The van der Waals surface area contributed by atoms with Crippen LogP contribution in [0.2, 0.25) is 0 Å². The Kier molecular flexibility index (Phi) is 28.8. The molecule has 0 saturated carbocycles. The van der Waals surface area contributed by atoms with E-state index >= 15 is 0 Å². The molecule has 15 heteroatoms. The fourth-order valence-electron chi connectivity index (χ4n) is 8.98. The van der Waals surface area contributed by atoms with Crippen LogP contribution in [0.1, 0.15) is 82.3 Å². The second-order valence-corrected chi connectivity index (χ2v) is 20.6. The molecule has 4 heterocycles. The number of ketones is 1. The molecule has 75 heavy (non-hydrogen) atoms. The number of amides is 1. The van der Waals surface area contributed by atoms with Gasteiger partial charge in [-0.05, 0) is 119 Å². The molecule has 2 radical (unpaired) electrons. The van der Waals surface area contributed by atoms with E-state index in [1.165, 1.54) is 64.2 Å². The molecule has 2 N–H and O–H groups in total. The molecule has 2 aliphatic heterocycles. The number of pyridine rings is 2. The molecule has 0 aliphatic carbocycles. The average Bonchev–Trinajstić information content (AvgIpc) is 3.90. The quantitative estimate of drug-likeness (QED) is 0.0365. The largest absolute Gasteiger partial charge is 0.379 e. The zero-order valence-corrected chi connectivity index (χ0v) is 52.0. The Labute approximate surface area is 505 Å². The monoisotopic (exact) mass is 1200 g/mol. The van der Waals surface area contributed by atoms with Crippen LogP contribution in [-0.2, 0) is 102 Å². The number of unbranched alkanes of at least 4 members (excludes halogenated alkanes) is 4. The van der Waals surface area contributed by atoms with E-state index in [0.717, 1.165) is 77.6 Å². The topological polar surface area (TPSA) is 100 Å². The van der Waals surface area contributed by atoms with Crippen LogP contribution in [0.15, 0.2) is 141 Å². The number of aromatic nitrogens is 2. The Balaban J connectivity index is 0.000000291. The van der Waals surface area contributed by atoms with E-state index in [0.29, 0.717) is 52.4 Å². The van der Waals surface area contributed by atoms with Gasteiger partial charge in [0.15, 0.2) is 12.4 Å². The molecule has 11 nitrogen and oxygen atoms in total. The minimum absolute atomic E-state index is 0. The van der Waals surface area contributed by atoms with Crippen LogP contribution >= 0.6 is 23.5 Å². The number of hydrogen-bond donors (Lipinski definition) is 2. The molecule has 4 aromatic carbocycles. The number of para-hydroxylation sites is 4. The molecule has 0 atom stereocenters. The molecule has 8 rings (SSSR count). The Morgan fingerprint density at radius 2 is 0.973 bits per heavy atom. The number of rotatable bonds is 28. The van der Waals surface area contributed by atoms with Crippen molar-refractivity contribution in [2.24, 2.45) is 0 Å². The van der Waals surface area contributed by atoms with Crippen LogP contribution in [-0.4, -0.2) is 85.6 Å². The van der Waals surface area contributed by atoms with Crippen LogP contribution in [0.4, 0.5) is 11.4 Å². The van der Waals surface area contributed by atoms with Gasteiger partial charge in [0.05, 0.1) is 58.6 Å². The van der Waals surface area contributed by atoms with E-state index in [1.807, 2.05) is 30.6 Å². The van der Waals surface area contributed by atoms with Gasteiger partial charge < -0.3 is 39.4 Å². The summed E-state index contributed by atoms with van der Waals surface area (Å²) in [6.45, 7) is 8.91. The Hall–Kier alpha value is -3.33. The molecule has 1 amide bonds. The van der Waals surface area contributed by atoms with Crippen LogP contribution in [0, 0.1) is 0 Å². The van der Waals surface area contributed by atoms with E-state index in [1.54, 1.807) is 6.92 Å². The van der Waals surface area contributed by atoms with Gasteiger partial charge in [0.1, 0.15) is 18.9 Å². The van der Waals surface area contributed by atoms with Crippen molar-refractivity contribution in [3.63, 3.8) is 0 Å². The Morgan fingerprint density at radius 1 is 0.533 bits per heavy atom. The summed E-state index contributed by atoms with van der Waals surface area (Å²) in [6.07, 6.45) is 18.2. The Morgan fingerprint density at radius 3 is 1.45 bits per heavy atom. The van der Waals surface area contributed by atoms with Crippen molar-refractivity contribution >= 4 is 80.5 Å². The van der Waals surface area contributed by atoms with E-state index in [9.17, 15) is 9.59 Å². The number of ether oxygens (including phenoxy) is 3. The fraction of sp³-hybridized carbons (Fsp3) is 0.400. The van der Waals surface area contributed by atoms with Gasteiger partial charge in [-0.3, -0.25) is 4.79 Å². The summed E-state index contributed by atoms with van der Waals surface area (Å²) in [5.74, 6) is 0.410. The molecule has 2 aromatic heterocycles. The third kappa shape index (κ3) is 19.5. The van der Waals surface area contributed by atoms with Crippen molar-refractivity contribution in [1.29, 1.82) is 0 Å². The molecule has 0 saturated heterocycles. The van der Waals surface area contributed by atoms with Crippen molar-refractivity contribution in [1.82, 2.24) is 10.6 Å². The maximum atomic E-state index is 12.2. The second kappa shape index (κ2) is 34.5. The van der Waals surface area contributed by atoms with Gasteiger partial charge in [-0.2, -0.15) is 9.13 Å². The SMILES string of the molecule is CC(=O)CCCCC[n+]1ccc(C=C2Sc3ccccc3N2C)c2ccccc21.CNCCCOCCOCCOCCCNC(=O)CCCCC[n+]1ccc(C=C2Sc3ccccc3N2C)c2ccccc21.[Y].[Y]. The molecule has 392 valence electrons. The molecule has 0 spiro atoms. The summed E-state index contributed by atoms with van der Waals surface area (Å²) in [5.41, 5.74) is 7.50. The number of carbonyl (C=O) groups is 2. The van der Waals surface area contributed by atoms with E-state index in [-0.39, 0.29) is 77.1 Å². The molecule has 0 unspecified atom stereocenters. The minimum Gasteiger partial charge on any atom is -0.379 e. The van der Waals surface area contributed by atoms with Crippen molar-refractivity contribution in [2.45, 2.75) is 94.0 Å². The number of benzene rings is 4. The summed E-state index contributed by atoms with van der Waals surface area (Å²) in [5, 5.41) is 11.1. The number of thioether (sulfide) groups is 2. The molecule has 0 bridgehead atoms. The van der Waals surface area contributed by atoms with Crippen LogP contribution < -0.4 is 29.6 Å². The van der Waals surface area contributed by atoms with Crippen molar-refractivity contribution in [3.8, 4) is 0 Å². The average molecular weight is 1200 g/mol. The fourth-order valence-corrected chi connectivity index (χ4v) is 11.2. The molecule has 0 fully saturated rings. The van der Waals surface area contributed by atoms with Gasteiger partial charge in [-0.25, -0.2) is 0 Å². The summed E-state index contributed by atoms with van der Waals surface area (Å²) < 4.78 is 21.2. The predicted octanol–water partition coefficient (Wildman–Crippen LogP) is 11.2. The zero-order chi connectivity index (χ0) is 51.0. The number of aryl methyl sites for hydroxylation is 2. The minimum atomic E-state index is 0.